The average molecular weight is 611 g/mol. The number of anilines is 2. The first-order valence-electron chi connectivity index (χ1n) is 13.4. The van der Waals surface area contributed by atoms with E-state index < -0.39 is 32.1 Å². The molecule has 222 valence electrons. The van der Waals surface area contributed by atoms with Gasteiger partial charge in [-0.3, -0.25) is 23.9 Å². The molecule has 0 amide bonds. The van der Waals surface area contributed by atoms with Crippen molar-refractivity contribution in [1.82, 2.24) is 5.32 Å². The topological polar surface area (TPSA) is 160 Å². The third kappa shape index (κ3) is 5.81. The van der Waals surface area contributed by atoms with Crippen LogP contribution in [0.1, 0.15) is 43.4 Å². The van der Waals surface area contributed by atoms with Crippen LogP contribution in [0.2, 0.25) is 0 Å². The van der Waals surface area contributed by atoms with Gasteiger partial charge in [0.05, 0.1) is 17.6 Å². The lowest BCUT2D eigenvalue weighted by atomic mass is 9.71. The highest BCUT2D eigenvalue weighted by Gasteiger charge is 2.49. The van der Waals surface area contributed by atoms with Gasteiger partial charge in [0.2, 0.25) is 10.0 Å². The molecule has 12 heteroatoms. The second kappa shape index (κ2) is 11.2. The van der Waals surface area contributed by atoms with Crippen molar-refractivity contribution in [2.24, 2.45) is 10.3 Å². The van der Waals surface area contributed by atoms with Crippen LogP contribution >= 0.6 is 10.8 Å². The quantitative estimate of drug-likeness (QED) is 0.175. The molecule has 0 fully saturated rings. The summed E-state index contributed by atoms with van der Waals surface area (Å²) in [5.74, 6) is -0.672. The number of Topliss-reactive ketones (excluding diaryl/α,β-unsaturated/α-hetero) is 1. The number of carbonyl (C=O) groups is 1. The summed E-state index contributed by atoms with van der Waals surface area (Å²) in [7, 11) is -7.50. The van der Waals surface area contributed by atoms with E-state index in [9.17, 15) is 27.4 Å². The molecule has 0 saturated heterocycles. The highest BCUT2D eigenvalue weighted by atomic mass is 32.3. The Morgan fingerprint density at radius 3 is 2.40 bits per heavy atom. The van der Waals surface area contributed by atoms with Crippen molar-refractivity contribution >= 4 is 49.6 Å². The van der Waals surface area contributed by atoms with Gasteiger partial charge in [-0.1, -0.05) is 79.2 Å². The van der Waals surface area contributed by atoms with E-state index >= 15 is 0 Å². The van der Waals surface area contributed by atoms with Crippen LogP contribution in [0.15, 0.2) is 87.7 Å². The number of aliphatic hydroxyl groups excluding tert-OH is 1. The molecule has 1 aliphatic carbocycles. The number of fused-ring (bicyclic) bond motifs is 2. The van der Waals surface area contributed by atoms with E-state index in [1.54, 1.807) is 12.1 Å². The van der Waals surface area contributed by atoms with Crippen molar-refractivity contribution in [3.63, 3.8) is 0 Å². The molecule has 6 N–H and O–H groups in total. The van der Waals surface area contributed by atoms with Crippen molar-refractivity contribution in [2.45, 2.75) is 43.7 Å². The van der Waals surface area contributed by atoms with E-state index in [2.05, 4.69) is 33.6 Å². The first-order valence-corrected chi connectivity index (χ1v) is 16.8. The summed E-state index contributed by atoms with van der Waals surface area (Å²) >= 11 is 0. The fourth-order valence-electron chi connectivity index (χ4n) is 5.29. The van der Waals surface area contributed by atoms with Gasteiger partial charge in [0.1, 0.15) is 21.8 Å². The standard InChI is InChI=1S/C30H34N4O6S2/c1-19(2)15-16-30(31-18-20-9-5-4-6-10-20)23-12-8-7-11-22(23)27(35)26(28(30)36)29-32-24-14-13-21(33-41(3,37)38)17-25(24)42(39,40)34-29/h4-14,17,19,31,33,35,39-40H,15-16,18H2,1-3H3,(H,32,34)/t30-/m0/s1. The Morgan fingerprint density at radius 2 is 1.71 bits per heavy atom. The Balaban J connectivity index is 1.62. The first kappa shape index (κ1) is 29.8. The maximum Gasteiger partial charge on any atom is 0.229 e. The number of hydrogen-bond acceptors (Lipinski definition) is 9. The Hall–Kier alpha value is -3.68. The molecule has 1 aliphatic heterocycles. The van der Waals surface area contributed by atoms with E-state index in [1.807, 2.05) is 42.5 Å². The lowest BCUT2D eigenvalue weighted by Crippen LogP contribution is -2.53. The molecule has 5 rings (SSSR count). The largest absolute Gasteiger partial charge is 0.506 e. The number of benzene rings is 3. The maximum atomic E-state index is 14.7. The Bertz CT molecular complexity index is 1700. The fraction of sp³-hybridized carbons (Fsp3) is 0.267. The number of sulfonamides is 1. The zero-order chi connectivity index (χ0) is 30.3. The Morgan fingerprint density at radius 1 is 1.02 bits per heavy atom. The van der Waals surface area contributed by atoms with Crippen molar-refractivity contribution in [3.05, 3.63) is 95.1 Å². The van der Waals surface area contributed by atoms with Gasteiger partial charge in [-0.15, -0.1) is 4.40 Å². The molecule has 0 aromatic heterocycles. The summed E-state index contributed by atoms with van der Waals surface area (Å²) in [6.07, 6.45) is 2.10. The van der Waals surface area contributed by atoms with Gasteiger partial charge in [0, 0.05) is 12.1 Å². The summed E-state index contributed by atoms with van der Waals surface area (Å²) in [6, 6.07) is 21.0. The normalized spacial score (nSPS) is 20.3. The minimum atomic E-state index is -3.89. The summed E-state index contributed by atoms with van der Waals surface area (Å²) < 4.78 is 52.0. The van der Waals surface area contributed by atoms with E-state index in [1.165, 1.54) is 18.2 Å². The van der Waals surface area contributed by atoms with Gasteiger partial charge in [0.25, 0.3) is 0 Å². The van der Waals surface area contributed by atoms with Gasteiger partial charge in [-0.2, -0.15) is 0 Å². The highest BCUT2D eigenvalue weighted by molar-refractivity contribution is 8.23. The highest BCUT2D eigenvalue weighted by Crippen LogP contribution is 2.57. The summed E-state index contributed by atoms with van der Waals surface area (Å²) in [4.78, 5) is 14.6. The van der Waals surface area contributed by atoms with E-state index in [0.717, 1.165) is 11.8 Å². The monoisotopic (exact) mass is 610 g/mol. The van der Waals surface area contributed by atoms with Crippen LogP contribution in [-0.4, -0.2) is 40.5 Å². The van der Waals surface area contributed by atoms with Crippen LogP contribution in [0.25, 0.3) is 5.76 Å². The lowest BCUT2D eigenvalue weighted by Gasteiger charge is -2.41. The molecule has 2 aliphatic rings. The third-order valence-electron chi connectivity index (χ3n) is 7.32. The van der Waals surface area contributed by atoms with Crippen LogP contribution in [0.3, 0.4) is 0 Å². The molecule has 0 spiro atoms. The number of carbonyl (C=O) groups excluding carboxylic acids is 1. The Labute approximate surface area is 247 Å². The molecule has 0 unspecified atom stereocenters. The maximum absolute atomic E-state index is 14.7. The first-order chi connectivity index (χ1) is 19.8. The Kier molecular flexibility index (Phi) is 7.94. The molecule has 3 aromatic carbocycles. The molecule has 0 radical (unpaired) electrons. The van der Waals surface area contributed by atoms with Gasteiger partial charge in [0.15, 0.2) is 11.6 Å². The number of hydrogen-bond donors (Lipinski definition) is 6. The average Bonchev–Trinajstić information content (AvgIpc) is 2.93. The minimum Gasteiger partial charge on any atom is -0.506 e. The number of aliphatic hydroxyl groups is 1. The summed E-state index contributed by atoms with van der Waals surface area (Å²) in [6.45, 7) is 4.52. The number of nitrogens with one attached hydrogen (secondary N) is 3. The van der Waals surface area contributed by atoms with Gasteiger partial charge in [-0.25, -0.2) is 8.42 Å². The van der Waals surface area contributed by atoms with Gasteiger partial charge < -0.3 is 10.4 Å². The van der Waals surface area contributed by atoms with Crippen LogP contribution in [0.4, 0.5) is 11.4 Å². The number of rotatable bonds is 9. The van der Waals surface area contributed by atoms with Crippen molar-refractivity contribution in [1.29, 1.82) is 0 Å². The van der Waals surface area contributed by atoms with Crippen LogP contribution in [0.5, 0.6) is 0 Å². The van der Waals surface area contributed by atoms with Gasteiger partial charge >= 0.3 is 0 Å². The predicted molar refractivity (Wildman–Crippen MR) is 167 cm³/mol. The molecule has 42 heavy (non-hydrogen) atoms. The second-order valence-electron chi connectivity index (χ2n) is 10.9. The molecule has 0 saturated carbocycles. The second-order valence-corrected chi connectivity index (χ2v) is 14.4. The van der Waals surface area contributed by atoms with Crippen LogP contribution in [0, 0.1) is 5.92 Å². The number of nitrogens with zero attached hydrogens (tertiary/aromatic N) is 1. The van der Waals surface area contributed by atoms with Crippen molar-refractivity contribution in [3.8, 4) is 0 Å². The molecule has 3 aromatic rings. The van der Waals surface area contributed by atoms with E-state index in [-0.39, 0.29) is 39.4 Å². The lowest BCUT2D eigenvalue weighted by molar-refractivity contribution is -0.122. The van der Waals surface area contributed by atoms with Crippen molar-refractivity contribution in [2.75, 3.05) is 16.3 Å². The SMILES string of the molecule is CC(C)CC[C@@]1(NCc2ccccc2)C(=O)C(C2=NS(O)(O)c3cc(NS(C)(=O)=O)ccc3N2)=C(O)c2ccccc21. The smallest absolute Gasteiger partial charge is 0.229 e. The molecular formula is C30H34N4O6S2. The summed E-state index contributed by atoms with van der Waals surface area (Å²) in [5, 5.41) is 18.0. The molecule has 1 heterocycles. The fourth-order valence-corrected chi connectivity index (χ4v) is 7.03. The third-order valence-corrected chi connectivity index (χ3v) is 9.29. The number of amidine groups is 1. The number of ketones is 1. The molecule has 1 atom stereocenters. The predicted octanol–water partition coefficient (Wildman–Crippen LogP) is 5.88. The zero-order valence-electron chi connectivity index (χ0n) is 23.5. The molecule has 0 bridgehead atoms. The van der Waals surface area contributed by atoms with Gasteiger partial charge in [-0.05, 0) is 48.1 Å². The molecular weight excluding hydrogens is 576 g/mol. The minimum absolute atomic E-state index is 0.0445. The van der Waals surface area contributed by atoms with Crippen LogP contribution in [-0.2, 0) is 26.9 Å². The summed E-state index contributed by atoms with van der Waals surface area (Å²) in [5.41, 5.74) is 0.984. The van der Waals surface area contributed by atoms with Crippen LogP contribution < -0.4 is 15.4 Å². The van der Waals surface area contributed by atoms with Crippen molar-refractivity contribution < 1.29 is 27.4 Å². The van der Waals surface area contributed by atoms with E-state index in [4.69, 9.17) is 0 Å². The van der Waals surface area contributed by atoms with E-state index in [0.29, 0.717) is 30.5 Å². The molecule has 10 nitrogen and oxygen atoms in total. The zero-order valence-corrected chi connectivity index (χ0v) is 25.1.